The first kappa shape index (κ1) is 23.2. The first-order valence-electron chi connectivity index (χ1n) is 13.4. The van der Waals surface area contributed by atoms with E-state index in [0.717, 1.165) is 72.4 Å². The molecule has 6 heteroatoms. The monoisotopic (exact) mass is 526 g/mol. The predicted octanol–water partition coefficient (Wildman–Crippen LogP) is 7.91. The molecule has 41 heavy (non-hydrogen) atoms. The summed E-state index contributed by atoms with van der Waals surface area (Å²) in [6, 6.07) is 36.9. The number of benzene rings is 2. The molecule has 192 valence electrons. The SMILES string of the molecule is c1ccc2nc(-c3cc(-c4ccc(-n5c6ccccc6c6ncccc65)nc4)cc(-c4ccncc4)n3)ccc2c1. The molecule has 8 aromatic rings. The molecular formula is C35H22N6. The summed E-state index contributed by atoms with van der Waals surface area (Å²) in [4.78, 5) is 23.7. The van der Waals surface area contributed by atoms with E-state index in [1.807, 2.05) is 67.0 Å². The summed E-state index contributed by atoms with van der Waals surface area (Å²) in [6.07, 6.45) is 7.33. The molecule has 0 aliphatic heterocycles. The van der Waals surface area contributed by atoms with Crippen LogP contribution in [0.15, 0.2) is 134 Å². The highest BCUT2D eigenvalue weighted by Crippen LogP contribution is 2.32. The Morgan fingerprint density at radius 3 is 2.24 bits per heavy atom. The molecule has 0 N–H and O–H groups in total. The van der Waals surface area contributed by atoms with Crippen molar-refractivity contribution >= 4 is 32.8 Å². The van der Waals surface area contributed by atoms with Gasteiger partial charge in [0.15, 0.2) is 0 Å². The molecule has 0 bridgehead atoms. The summed E-state index contributed by atoms with van der Waals surface area (Å²) >= 11 is 0. The second-order valence-corrected chi connectivity index (χ2v) is 9.88. The second-order valence-electron chi connectivity index (χ2n) is 9.88. The first-order chi connectivity index (χ1) is 20.3. The van der Waals surface area contributed by atoms with Gasteiger partial charge in [-0.3, -0.25) is 14.5 Å². The van der Waals surface area contributed by atoms with Gasteiger partial charge in [-0.15, -0.1) is 0 Å². The van der Waals surface area contributed by atoms with E-state index in [2.05, 4.69) is 69.1 Å². The van der Waals surface area contributed by atoms with E-state index in [1.165, 1.54) is 0 Å². The average Bonchev–Trinajstić information content (AvgIpc) is 3.39. The van der Waals surface area contributed by atoms with Gasteiger partial charge >= 0.3 is 0 Å². The first-order valence-corrected chi connectivity index (χ1v) is 13.4. The van der Waals surface area contributed by atoms with Gasteiger partial charge < -0.3 is 0 Å². The van der Waals surface area contributed by atoms with E-state index in [-0.39, 0.29) is 0 Å². The van der Waals surface area contributed by atoms with E-state index in [1.54, 1.807) is 12.4 Å². The Kier molecular flexibility index (Phi) is 5.35. The molecule has 0 aliphatic carbocycles. The molecule has 6 nitrogen and oxygen atoms in total. The van der Waals surface area contributed by atoms with Crippen LogP contribution in [0, 0.1) is 0 Å². The quantitative estimate of drug-likeness (QED) is 0.233. The molecule has 0 amide bonds. The van der Waals surface area contributed by atoms with Crippen LogP contribution in [0.3, 0.4) is 0 Å². The Morgan fingerprint density at radius 1 is 0.512 bits per heavy atom. The molecule has 6 heterocycles. The van der Waals surface area contributed by atoms with E-state index < -0.39 is 0 Å². The minimum absolute atomic E-state index is 0.803. The summed E-state index contributed by atoms with van der Waals surface area (Å²) in [7, 11) is 0. The van der Waals surface area contributed by atoms with Crippen LogP contribution in [0.25, 0.3) is 72.4 Å². The smallest absolute Gasteiger partial charge is 0.137 e. The third kappa shape index (κ3) is 4.01. The van der Waals surface area contributed by atoms with Gasteiger partial charge in [0.25, 0.3) is 0 Å². The molecule has 0 unspecified atom stereocenters. The number of nitrogens with zero attached hydrogens (tertiary/aromatic N) is 6. The van der Waals surface area contributed by atoms with Gasteiger partial charge in [-0.25, -0.2) is 15.0 Å². The number of hydrogen-bond donors (Lipinski definition) is 0. The molecule has 0 aliphatic rings. The standard InChI is InChI=1S/C35H22N6/c1-3-8-28-23(6-1)11-13-29(39-28)31-21-26(20-30(40-31)24-15-18-36-19-16-24)25-12-14-34(38-22-25)41-32-9-4-2-7-27(32)35-33(41)10-5-17-37-35/h1-22H. The summed E-state index contributed by atoms with van der Waals surface area (Å²) in [5.74, 6) is 0.841. The topological polar surface area (TPSA) is 69.4 Å². The van der Waals surface area contributed by atoms with Gasteiger partial charge in [0.1, 0.15) is 5.82 Å². The maximum absolute atomic E-state index is 5.01. The Morgan fingerprint density at radius 2 is 1.34 bits per heavy atom. The van der Waals surface area contributed by atoms with E-state index in [4.69, 9.17) is 15.0 Å². The second kappa shape index (κ2) is 9.47. The lowest BCUT2D eigenvalue weighted by Crippen LogP contribution is -1.98. The van der Waals surface area contributed by atoms with Crippen LogP contribution >= 0.6 is 0 Å². The summed E-state index contributed by atoms with van der Waals surface area (Å²) < 4.78 is 2.17. The third-order valence-electron chi connectivity index (χ3n) is 7.40. The van der Waals surface area contributed by atoms with Gasteiger partial charge in [-0.1, -0.05) is 42.5 Å². The number of rotatable bonds is 4. The lowest BCUT2D eigenvalue weighted by Gasteiger charge is -2.11. The Balaban J connectivity index is 1.27. The summed E-state index contributed by atoms with van der Waals surface area (Å²) in [6.45, 7) is 0. The van der Waals surface area contributed by atoms with Gasteiger partial charge in [0, 0.05) is 46.7 Å². The minimum Gasteiger partial charge on any atom is -0.292 e. The Bertz CT molecular complexity index is 2150. The Hall–Kier alpha value is -5.75. The number of pyridine rings is 5. The summed E-state index contributed by atoms with van der Waals surface area (Å²) in [5.41, 5.74) is 9.50. The van der Waals surface area contributed by atoms with Crippen molar-refractivity contribution in [3.8, 4) is 39.6 Å². The van der Waals surface area contributed by atoms with Crippen LogP contribution in [-0.2, 0) is 0 Å². The van der Waals surface area contributed by atoms with E-state index >= 15 is 0 Å². The van der Waals surface area contributed by atoms with Crippen molar-refractivity contribution in [1.29, 1.82) is 0 Å². The minimum atomic E-state index is 0.803. The lowest BCUT2D eigenvalue weighted by molar-refractivity contribution is 1.08. The van der Waals surface area contributed by atoms with Crippen LogP contribution in [0.4, 0.5) is 0 Å². The number of aromatic nitrogens is 6. The van der Waals surface area contributed by atoms with Crippen LogP contribution in [0.5, 0.6) is 0 Å². The van der Waals surface area contributed by atoms with E-state index in [9.17, 15) is 0 Å². The number of fused-ring (bicyclic) bond motifs is 4. The van der Waals surface area contributed by atoms with Crippen molar-refractivity contribution in [1.82, 2.24) is 29.5 Å². The fraction of sp³-hybridized carbons (Fsp3) is 0. The van der Waals surface area contributed by atoms with Gasteiger partial charge in [-0.2, -0.15) is 0 Å². The normalized spacial score (nSPS) is 11.4. The zero-order valence-electron chi connectivity index (χ0n) is 21.9. The summed E-state index contributed by atoms with van der Waals surface area (Å²) in [5, 5.41) is 2.21. The van der Waals surface area contributed by atoms with Crippen LogP contribution < -0.4 is 0 Å². The van der Waals surface area contributed by atoms with Crippen LogP contribution in [0.1, 0.15) is 0 Å². The third-order valence-corrected chi connectivity index (χ3v) is 7.40. The Labute approximate surface area is 235 Å². The molecule has 0 radical (unpaired) electrons. The van der Waals surface area contributed by atoms with Crippen LogP contribution in [0.2, 0.25) is 0 Å². The number of hydrogen-bond acceptors (Lipinski definition) is 5. The van der Waals surface area contributed by atoms with E-state index in [0.29, 0.717) is 0 Å². The maximum Gasteiger partial charge on any atom is 0.137 e. The van der Waals surface area contributed by atoms with Crippen molar-refractivity contribution < 1.29 is 0 Å². The molecule has 6 aromatic heterocycles. The van der Waals surface area contributed by atoms with Gasteiger partial charge in [-0.05, 0) is 72.3 Å². The number of para-hydroxylation sites is 2. The van der Waals surface area contributed by atoms with Crippen molar-refractivity contribution in [3.05, 3.63) is 134 Å². The molecule has 0 fully saturated rings. The molecule has 0 atom stereocenters. The van der Waals surface area contributed by atoms with Crippen molar-refractivity contribution in [2.45, 2.75) is 0 Å². The highest BCUT2D eigenvalue weighted by molar-refractivity contribution is 6.06. The zero-order chi connectivity index (χ0) is 27.2. The maximum atomic E-state index is 5.01. The molecule has 0 saturated carbocycles. The van der Waals surface area contributed by atoms with Gasteiger partial charge in [0.2, 0.25) is 0 Å². The zero-order valence-corrected chi connectivity index (χ0v) is 21.9. The highest BCUT2D eigenvalue weighted by Gasteiger charge is 2.15. The average molecular weight is 527 g/mol. The van der Waals surface area contributed by atoms with Gasteiger partial charge in [0.05, 0.1) is 39.1 Å². The van der Waals surface area contributed by atoms with Crippen molar-refractivity contribution in [2.24, 2.45) is 0 Å². The predicted molar refractivity (Wildman–Crippen MR) is 164 cm³/mol. The lowest BCUT2D eigenvalue weighted by atomic mass is 10.0. The van der Waals surface area contributed by atoms with Crippen molar-refractivity contribution in [3.63, 3.8) is 0 Å². The highest BCUT2D eigenvalue weighted by atomic mass is 15.1. The molecule has 0 spiro atoms. The molecule has 2 aromatic carbocycles. The van der Waals surface area contributed by atoms with Crippen LogP contribution in [-0.4, -0.2) is 29.5 Å². The molecular weight excluding hydrogens is 504 g/mol. The fourth-order valence-corrected chi connectivity index (χ4v) is 5.43. The van der Waals surface area contributed by atoms with Crippen molar-refractivity contribution in [2.75, 3.05) is 0 Å². The fourth-order valence-electron chi connectivity index (χ4n) is 5.43. The largest absolute Gasteiger partial charge is 0.292 e. The molecule has 0 saturated heterocycles. The molecule has 8 rings (SSSR count).